The van der Waals surface area contributed by atoms with Crippen LogP contribution >= 0.6 is 0 Å². The van der Waals surface area contributed by atoms with Gasteiger partial charge in [-0.3, -0.25) is 19.1 Å². The summed E-state index contributed by atoms with van der Waals surface area (Å²) in [5, 5.41) is 4.42. The molecule has 2 heterocycles. The second kappa shape index (κ2) is 9.62. The normalized spacial score (nSPS) is 10.9. The average Bonchev–Trinajstić information content (AvgIpc) is 3.34. The minimum Gasteiger partial charge on any atom is -0.383 e. The van der Waals surface area contributed by atoms with Crippen molar-refractivity contribution in [1.29, 1.82) is 0 Å². The Labute approximate surface area is 196 Å². The molecule has 0 bridgehead atoms. The van der Waals surface area contributed by atoms with Crippen LogP contribution in [0.3, 0.4) is 0 Å². The SMILES string of the molecule is CCCCn1c(N)c(N(C)C(=O)c2cccc(-n3nccc3-c3ccccc3)c2)c(=O)[nH]c1=O. The third kappa shape index (κ3) is 4.27. The van der Waals surface area contributed by atoms with E-state index in [0.29, 0.717) is 24.2 Å². The largest absolute Gasteiger partial charge is 0.383 e. The van der Waals surface area contributed by atoms with Crippen molar-refractivity contribution in [2.45, 2.75) is 26.3 Å². The van der Waals surface area contributed by atoms with Crippen LogP contribution in [0, 0.1) is 0 Å². The van der Waals surface area contributed by atoms with Crippen molar-refractivity contribution in [3.63, 3.8) is 0 Å². The number of aromatic amines is 1. The van der Waals surface area contributed by atoms with Gasteiger partial charge in [0.05, 0.1) is 17.6 Å². The molecule has 0 atom stereocenters. The van der Waals surface area contributed by atoms with Gasteiger partial charge in [0.25, 0.3) is 11.5 Å². The van der Waals surface area contributed by atoms with Gasteiger partial charge in [-0.1, -0.05) is 49.7 Å². The van der Waals surface area contributed by atoms with Gasteiger partial charge in [-0.05, 0) is 30.7 Å². The second-order valence-corrected chi connectivity index (χ2v) is 7.91. The van der Waals surface area contributed by atoms with Crippen LogP contribution in [0.15, 0.2) is 76.4 Å². The van der Waals surface area contributed by atoms with Crippen LogP contribution in [-0.2, 0) is 6.54 Å². The Hall–Kier alpha value is -4.40. The highest BCUT2D eigenvalue weighted by molar-refractivity contribution is 6.07. The van der Waals surface area contributed by atoms with Crippen LogP contribution < -0.4 is 21.9 Å². The maximum Gasteiger partial charge on any atom is 0.330 e. The lowest BCUT2D eigenvalue weighted by molar-refractivity contribution is 0.0992. The maximum absolute atomic E-state index is 13.3. The summed E-state index contributed by atoms with van der Waals surface area (Å²) in [4.78, 5) is 41.6. The standard InChI is InChI=1S/C25H26N6O3/c1-3-4-15-30-22(26)21(23(32)28-25(30)34)29(2)24(33)18-11-8-12-19(16-18)31-20(13-14-27-31)17-9-6-5-7-10-17/h5-14,16H,3-4,15,26H2,1-2H3,(H,28,32,34). The van der Waals surface area contributed by atoms with Gasteiger partial charge in [0.1, 0.15) is 5.82 Å². The van der Waals surface area contributed by atoms with Crippen molar-refractivity contribution < 1.29 is 4.79 Å². The lowest BCUT2D eigenvalue weighted by atomic mass is 10.1. The highest BCUT2D eigenvalue weighted by atomic mass is 16.2. The Morgan fingerprint density at radius 2 is 1.85 bits per heavy atom. The molecule has 0 saturated carbocycles. The van der Waals surface area contributed by atoms with Gasteiger partial charge in [-0.25, -0.2) is 9.48 Å². The molecular weight excluding hydrogens is 432 g/mol. The van der Waals surface area contributed by atoms with E-state index in [-0.39, 0.29) is 11.5 Å². The summed E-state index contributed by atoms with van der Waals surface area (Å²) in [5.74, 6) is -0.471. The number of nitrogens with two attached hydrogens (primary N) is 1. The number of hydrogen-bond acceptors (Lipinski definition) is 5. The number of nitrogens with one attached hydrogen (secondary N) is 1. The second-order valence-electron chi connectivity index (χ2n) is 7.91. The molecule has 2 aromatic carbocycles. The topological polar surface area (TPSA) is 119 Å². The van der Waals surface area contributed by atoms with Crippen molar-refractivity contribution in [3.8, 4) is 16.9 Å². The number of unbranched alkanes of at least 4 members (excludes halogenated alkanes) is 1. The van der Waals surface area contributed by atoms with E-state index in [4.69, 9.17) is 5.73 Å². The summed E-state index contributed by atoms with van der Waals surface area (Å²) in [6, 6.07) is 18.7. The van der Waals surface area contributed by atoms with E-state index in [1.165, 1.54) is 16.5 Å². The Kier molecular flexibility index (Phi) is 6.44. The summed E-state index contributed by atoms with van der Waals surface area (Å²) < 4.78 is 3.04. The number of aromatic nitrogens is 4. The average molecular weight is 459 g/mol. The quantitative estimate of drug-likeness (QED) is 0.441. The maximum atomic E-state index is 13.3. The van der Waals surface area contributed by atoms with E-state index in [1.807, 2.05) is 49.4 Å². The molecule has 0 fully saturated rings. The molecule has 0 aliphatic rings. The first-order valence-electron chi connectivity index (χ1n) is 11.0. The molecule has 34 heavy (non-hydrogen) atoms. The molecule has 9 heteroatoms. The molecule has 0 spiro atoms. The van der Waals surface area contributed by atoms with Crippen LogP contribution in [0.1, 0.15) is 30.1 Å². The Morgan fingerprint density at radius 3 is 2.59 bits per heavy atom. The first kappa shape index (κ1) is 22.8. The van der Waals surface area contributed by atoms with Gasteiger partial charge in [-0.2, -0.15) is 5.10 Å². The molecule has 3 N–H and O–H groups in total. The lowest BCUT2D eigenvalue weighted by Gasteiger charge is -2.20. The lowest BCUT2D eigenvalue weighted by Crippen LogP contribution is -2.39. The molecule has 0 saturated heterocycles. The molecule has 4 rings (SSSR count). The van der Waals surface area contributed by atoms with E-state index < -0.39 is 17.2 Å². The van der Waals surface area contributed by atoms with Crippen molar-refractivity contribution in [2.75, 3.05) is 17.7 Å². The summed E-state index contributed by atoms with van der Waals surface area (Å²) in [6.45, 7) is 2.34. The minimum atomic E-state index is -0.708. The van der Waals surface area contributed by atoms with Gasteiger partial charge in [0.15, 0.2) is 5.69 Å². The molecule has 0 aliphatic heterocycles. The minimum absolute atomic E-state index is 0.0346. The van der Waals surface area contributed by atoms with Gasteiger partial charge < -0.3 is 10.6 Å². The Balaban J connectivity index is 1.70. The smallest absolute Gasteiger partial charge is 0.330 e. The number of carbonyl (C=O) groups is 1. The molecule has 0 aliphatic carbocycles. The van der Waals surface area contributed by atoms with Gasteiger partial charge in [-0.15, -0.1) is 0 Å². The Morgan fingerprint density at radius 1 is 1.09 bits per heavy atom. The van der Waals surface area contributed by atoms with E-state index in [9.17, 15) is 14.4 Å². The molecule has 9 nitrogen and oxygen atoms in total. The van der Waals surface area contributed by atoms with Gasteiger partial charge in [0, 0.05) is 24.7 Å². The van der Waals surface area contributed by atoms with Crippen LogP contribution in [0.5, 0.6) is 0 Å². The zero-order chi connectivity index (χ0) is 24.2. The number of nitrogen functional groups attached to an aromatic ring is 1. The first-order valence-corrected chi connectivity index (χ1v) is 11.0. The number of amides is 1. The molecule has 2 aromatic heterocycles. The predicted molar refractivity (Wildman–Crippen MR) is 132 cm³/mol. The fourth-order valence-corrected chi connectivity index (χ4v) is 3.84. The number of carbonyl (C=O) groups excluding carboxylic acids is 1. The molecule has 0 unspecified atom stereocenters. The third-order valence-corrected chi connectivity index (χ3v) is 5.64. The number of benzene rings is 2. The molecule has 0 radical (unpaired) electrons. The van der Waals surface area contributed by atoms with E-state index in [0.717, 1.165) is 17.7 Å². The monoisotopic (exact) mass is 458 g/mol. The van der Waals surface area contributed by atoms with Crippen molar-refractivity contribution in [1.82, 2.24) is 19.3 Å². The summed E-state index contributed by atoms with van der Waals surface area (Å²) in [5.41, 5.74) is 7.72. The zero-order valence-corrected chi connectivity index (χ0v) is 19.1. The molecule has 174 valence electrons. The number of rotatable bonds is 7. The fraction of sp³-hybridized carbons (Fsp3) is 0.200. The number of anilines is 2. The summed E-state index contributed by atoms with van der Waals surface area (Å²) in [7, 11) is 1.47. The number of hydrogen-bond donors (Lipinski definition) is 2. The summed E-state index contributed by atoms with van der Waals surface area (Å²) in [6.07, 6.45) is 3.26. The van der Waals surface area contributed by atoms with Crippen LogP contribution in [0.25, 0.3) is 16.9 Å². The fourth-order valence-electron chi connectivity index (χ4n) is 3.84. The highest BCUT2D eigenvalue weighted by Crippen LogP contribution is 2.24. The predicted octanol–water partition coefficient (Wildman–Crippen LogP) is 3.05. The number of H-pyrrole nitrogens is 1. The molecule has 1 amide bonds. The third-order valence-electron chi connectivity index (χ3n) is 5.64. The van der Waals surface area contributed by atoms with Crippen molar-refractivity contribution in [2.24, 2.45) is 0 Å². The van der Waals surface area contributed by atoms with E-state index in [2.05, 4.69) is 10.1 Å². The van der Waals surface area contributed by atoms with Gasteiger partial charge >= 0.3 is 5.69 Å². The van der Waals surface area contributed by atoms with Crippen LogP contribution in [0.2, 0.25) is 0 Å². The van der Waals surface area contributed by atoms with Gasteiger partial charge in [0.2, 0.25) is 0 Å². The van der Waals surface area contributed by atoms with Crippen LogP contribution in [0.4, 0.5) is 11.5 Å². The molecular formula is C25H26N6O3. The van der Waals surface area contributed by atoms with Crippen LogP contribution in [-0.4, -0.2) is 32.3 Å². The van der Waals surface area contributed by atoms with Crippen molar-refractivity contribution >= 4 is 17.4 Å². The van der Waals surface area contributed by atoms with Crippen molar-refractivity contribution in [3.05, 3.63) is 93.3 Å². The highest BCUT2D eigenvalue weighted by Gasteiger charge is 2.22. The first-order chi connectivity index (χ1) is 16.4. The number of nitrogens with zero attached hydrogens (tertiary/aromatic N) is 4. The van der Waals surface area contributed by atoms with E-state index >= 15 is 0 Å². The zero-order valence-electron chi connectivity index (χ0n) is 19.1. The van der Waals surface area contributed by atoms with E-state index in [1.54, 1.807) is 29.1 Å². The molecule has 4 aromatic rings. The summed E-state index contributed by atoms with van der Waals surface area (Å²) >= 11 is 0. The Bertz CT molecular complexity index is 1440.